The van der Waals surface area contributed by atoms with Crippen LogP contribution < -0.4 is 0 Å². The van der Waals surface area contributed by atoms with Crippen LogP contribution in [0.25, 0.3) is 0 Å². The van der Waals surface area contributed by atoms with Crippen molar-refractivity contribution in [1.29, 1.82) is 0 Å². The second-order valence-corrected chi connectivity index (χ2v) is 5.06. The second kappa shape index (κ2) is 3.14. The van der Waals surface area contributed by atoms with Crippen LogP contribution in [0, 0.1) is 11.3 Å². The molecule has 0 bridgehead atoms. The van der Waals surface area contributed by atoms with E-state index in [0.29, 0.717) is 11.5 Å². The standard InChI is InChI=1S/C10H20O/c1-8-5-9(11-7-8)6-10(2,3)4/h8-9H,5-7H2,1-4H3/t8?,9-/m1/s1. The summed E-state index contributed by atoms with van der Waals surface area (Å²) in [5.74, 6) is 0.780. The summed E-state index contributed by atoms with van der Waals surface area (Å²) in [5.41, 5.74) is 0.425. The second-order valence-electron chi connectivity index (χ2n) is 5.06. The Bertz CT molecular complexity index is 123. The lowest BCUT2D eigenvalue weighted by molar-refractivity contribution is 0.0742. The van der Waals surface area contributed by atoms with Gasteiger partial charge in [-0.05, 0) is 24.2 Å². The largest absolute Gasteiger partial charge is 0.378 e. The van der Waals surface area contributed by atoms with Crippen molar-refractivity contribution in [2.45, 2.75) is 46.6 Å². The lowest BCUT2D eigenvalue weighted by atomic mass is 9.87. The van der Waals surface area contributed by atoms with Gasteiger partial charge in [0.2, 0.25) is 0 Å². The maximum Gasteiger partial charge on any atom is 0.0583 e. The van der Waals surface area contributed by atoms with Crippen LogP contribution in [0.2, 0.25) is 0 Å². The first kappa shape index (κ1) is 9.05. The Morgan fingerprint density at radius 3 is 2.36 bits per heavy atom. The Hall–Kier alpha value is -0.0400. The van der Waals surface area contributed by atoms with Gasteiger partial charge in [0.25, 0.3) is 0 Å². The predicted octanol–water partition coefficient (Wildman–Crippen LogP) is 2.85. The minimum absolute atomic E-state index is 0.425. The third-order valence-corrected chi connectivity index (χ3v) is 2.12. The average Bonchev–Trinajstić information content (AvgIpc) is 2.10. The van der Waals surface area contributed by atoms with Crippen LogP contribution in [0.4, 0.5) is 0 Å². The molecule has 2 atom stereocenters. The van der Waals surface area contributed by atoms with Crippen molar-refractivity contribution < 1.29 is 4.74 Å². The summed E-state index contributed by atoms with van der Waals surface area (Å²) in [5, 5.41) is 0. The first-order valence-electron chi connectivity index (χ1n) is 4.59. The topological polar surface area (TPSA) is 9.23 Å². The first-order chi connectivity index (χ1) is 4.97. The summed E-state index contributed by atoms with van der Waals surface area (Å²) in [4.78, 5) is 0. The number of hydrogen-bond donors (Lipinski definition) is 0. The molecule has 0 aromatic rings. The maximum atomic E-state index is 5.64. The highest BCUT2D eigenvalue weighted by molar-refractivity contribution is 4.75. The Morgan fingerprint density at radius 2 is 2.00 bits per heavy atom. The van der Waals surface area contributed by atoms with Gasteiger partial charge < -0.3 is 4.74 Å². The van der Waals surface area contributed by atoms with Gasteiger partial charge in [-0.25, -0.2) is 0 Å². The number of ether oxygens (including phenoxy) is 1. The molecule has 11 heavy (non-hydrogen) atoms. The van der Waals surface area contributed by atoms with Crippen molar-refractivity contribution in [3.8, 4) is 0 Å². The molecule has 1 rings (SSSR count). The fourth-order valence-corrected chi connectivity index (χ4v) is 1.71. The molecule has 1 aliphatic rings. The minimum Gasteiger partial charge on any atom is -0.378 e. The van der Waals surface area contributed by atoms with Gasteiger partial charge in [0, 0.05) is 6.61 Å². The van der Waals surface area contributed by atoms with Gasteiger partial charge in [0.15, 0.2) is 0 Å². The Morgan fingerprint density at radius 1 is 1.36 bits per heavy atom. The fraction of sp³-hybridized carbons (Fsp3) is 1.00. The quantitative estimate of drug-likeness (QED) is 0.567. The lowest BCUT2D eigenvalue weighted by Gasteiger charge is -2.22. The first-order valence-corrected chi connectivity index (χ1v) is 4.59. The van der Waals surface area contributed by atoms with Gasteiger partial charge in [0.1, 0.15) is 0 Å². The van der Waals surface area contributed by atoms with Crippen molar-refractivity contribution in [3.05, 3.63) is 0 Å². The van der Waals surface area contributed by atoms with Gasteiger partial charge >= 0.3 is 0 Å². The van der Waals surface area contributed by atoms with Crippen molar-refractivity contribution in [3.63, 3.8) is 0 Å². The molecule has 0 N–H and O–H groups in total. The summed E-state index contributed by atoms with van der Waals surface area (Å²) < 4.78 is 5.64. The van der Waals surface area contributed by atoms with Gasteiger partial charge in [-0.1, -0.05) is 27.7 Å². The minimum atomic E-state index is 0.425. The maximum absolute atomic E-state index is 5.64. The molecule has 1 aliphatic heterocycles. The molecular weight excluding hydrogens is 136 g/mol. The highest BCUT2D eigenvalue weighted by atomic mass is 16.5. The molecule has 0 aromatic heterocycles. The third-order valence-electron chi connectivity index (χ3n) is 2.12. The molecule has 0 aliphatic carbocycles. The van der Waals surface area contributed by atoms with E-state index in [1.807, 2.05) is 0 Å². The van der Waals surface area contributed by atoms with E-state index in [0.717, 1.165) is 12.5 Å². The molecule has 1 unspecified atom stereocenters. The molecule has 66 valence electrons. The molecule has 1 saturated heterocycles. The van der Waals surface area contributed by atoms with Gasteiger partial charge in [-0.15, -0.1) is 0 Å². The highest BCUT2D eigenvalue weighted by Gasteiger charge is 2.26. The molecular formula is C10H20O. The predicted molar refractivity (Wildman–Crippen MR) is 47.6 cm³/mol. The van der Waals surface area contributed by atoms with Crippen LogP contribution in [0.3, 0.4) is 0 Å². The molecule has 0 amide bonds. The van der Waals surface area contributed by atoms with E-state index < -0.39 is 0 Å². The van der Waals surface area contributed by atoms with E-state index in [-0.39, 0.29) is 0 Å². The zero-order valence-electron chi connectivity index (χ0n) is 8.18. The fourth-order valence-electron chi connectivity index (χ4n) is 1.71. The monoisotopic (exact) mass is 156 g/mol. The SMILES string of the molecule is CC1CO[C@@H](CC(C)(C)C)C1. The Balaban J connectivity index is 2.29. The van der Waals surface area contributed by atoms with Crippen LogP contribution in [-0.2, 0) is 4.74 Å². The molecule has 1 fully saturated rings. The van der Waals surface area contributed by atoms with Crippen molar-refractivity contribution in [2.24, 2.45) is 11.3 Å². The molecule has 0 radical (unpaired) electrons. The molecule has 1 heterocycles. The molecule has 0 aromatic carbocycles. The number of hydrogen-bond acceptors (Lipinski definition) is 1. The van der Waals surface area contributed by atoms with E-state index in [4.69, 9.17) is 4.74 Å². The molecule has 1 nitrogen and oxygen atoms in total. The van der Waals surface area contributed by atoms with Crippen molar-refractivity contribution >= 4 is 0 Å². The van der Waals surface area contributed by atoms with Gasteiger partial charge in [0.05, 0.1) is 6.10 Å². The Kier molecular flexibility index (Phi) is 2.58. The van der Waals surface area contributed by atoms with Gasteiger partial charge in [-0.2, -0.15) is 0 Å². The van der Waals surface area contributed by atoms with Crippen LogP contribution in [0.1, 0.15) is 40.5 Å². The summed E-state index contributed by atoms with van der Waals surface area (Å²) >= 11 is 0. The average molecular weight is 156 g/mol. The number of rotatable bonds is 1. The zero-order chi connectivity index (χ0) is 8.48. The van der Waals surface area contributed by atoms with E-state index in [9.17, 15) is 0 Å². The zero-order valence-corrected chi connectivity index (χ0v) is 8.18. The molecule has 0 spiro atoms. The summed E-state index contributed by atoms with van der Waals surface area (Å²) in [6.45, 7) is 10.1. The Labute approximate surface area is 70.1 Å². The summed E-state index contributed by atoms with van der Waals surface area (Å²) in [7, 11) is 0. The summed E-state index contributed by atoms with van der Waals surface area (Å²) in [6.07, 6.45) is 3.00. The normalized spacial score (nSPS) is 32.7. The van der Waals surface area contributed by atoms with E-state index in [1.165, 1.54) is 12.8 Å². The lowest BCUT2D eigenvalue weighted by Crippen LogP contribution is -2.16. The van der Waals surface area contributed by atoms with Crippen LogP contribution >= 0.6 is 0 Å². The van der Waals surface area contributed by atoms with E-state index >= 15 is 0 Å². The highest BCUT2D eigenvalue weighted by Crippen LogP contribution is 2.29. The third kappa shape index (κ3) is 3.24. The van der Waals surface area contributed by atoms with Gasteiger partial charge in [-0.3, -0.25) is 0 Å². The van der Waals surface area contributed by atoms with Crippen LogP contribution in [0.15, 0.2) is 0 Å². The van der Waals surface area contributed by atoms with Crippen molar-refractivity contribution in [1.82, 2.24) is 0 Å². The molecule has 1 heteroatoms. The van der Waals surface area contributed by atoms with Crippen LogP contribution in [-0.4, -0.2) is 12.7 Å². The van der Waals surface area contributed by atoms with Crippen LogP contribution in [0.5, 0.6) is 0 Å². The van der Waals surface area contributed by atoms with E-state index in [1.54, 1.807) is 0 Å². The van der Waals surface area contributed by atoms with Crippen molar-refractivity contribution in [2.75, 3.05) is 6.61 Å². The smallest absolute Gasteiger partial charge is 0.0583 e. The summed E-state index contributed by atoms with van der Waals surface area (Å²) in [6, 6.07) is 0. The molecule has 0 saturated carbocycles. The van der Waals surface area contributed by atoms with E-state index in [2.05, 4.69) is 27.7 Å².